The second kappa shape index (κ2) is 7.34. The van der Waals surface area contributed by atoms with E-state index in [1.165, 1.54) is 12.6 Å². The van der Waals surface area contributed by atoms with Crippen LogP contribution in [0.3, 0.4) is 0 Å². The zero-order valence-electron chi connectivity index (χ0n) is 14.4. The molecule has 0 saturated heterocycles. The van der Waals surface area contributed by atoms with Crippen molar-refractivity contribution in [1.29, 1.82) is 0 Å². The third kappa shape index (κ3) is 3.77. The first kappa shape index (κ1) is 17.0. The average molecular weight is 333 g/mol. The number of carbonyl (C=O) groups is 1. The molecule has 0 aliphatic heterocycles. The lowest BCUT2D eigenvalue weighted by atomic mass is 9.81. The third-order valence-electron chi connectivity index (χ3n) is 5.34. The van der Waals surface area contributed by atoms with Crippen LogP contribution in [0.4, 0.5) is 11.8 Å². The van der Waals surface area contributed by atoms with Gasteiger partial charge in [0.1, 0.15) is 5.82 Å². The maximum atomic E-state index is 11.6. The monoisotopic (exact) mass is 333 g/mol. The Morgan fingerprint density at radius 1 is 1.21 bits per heavy atom. The van der Waals surface area contributed by atoms with Crippen LogP contribution in [0.25, 0.3) is 0 Å². The number of primary amides is 1. The first-order valence-corrected chi connectivity index (χ1v) is 8.79. The smallest absolute Gasteiger partial charge is 0.254 e. The minimum Gasteiger partial charge on any atom is -0.381 e. The second-order valence-electron chi connectivity index (χ2n) is 6.98. The highest BCUT2D eigenvalue weighted by Crippen LogP contribution is 2.30. The van der Waals surface area contributed by atoms with E-state index < -0.39 is 5.91 Å². The van der Waals surface area contributed by atoms with Crippen molar-refractivity contribution in [3.05, 3.63) is 11.8 Å². The van der Waals surface area contributed by atoms with Gasteiger partial charge < -0.3 is 21.1 Å². The Morgan fingerprint density at radius 3 is 2.50 bits per heavy atom. The summed E-state index contributed by atoms with van der Waals surface area (Å²) < 4.78 is 5.40. The molecule has 1 amide bonds. The minimum atomic E-state index is -0.503. The van der Waals surface area contributed by atoms with Gasteiger partial charge in [0.05, 0.1) is 11.7 Å². The number of hydrogen-bond donors (Lipinski definition) is 3. The average Bonchev–Trinajstić information content (AvgIpc) is 2.59. The van der Waals surface area contributed by atoms with Crippen molar-refractivity contribution < 1.29 is 9.53 Å². The molecule has 1 heterocycles. The molecule has 7 nitrogen and oxygen atoms in total. The van der Waals surface area contributed by atoms with Crippen molar-refractivity contribution in [1.82, 2.24) is 9.97 Å². The van der Waals surface area contributed by atoms with Crippen LogP contribution >= 0.6 is 0 Å². The largest absolute Gasteiger partial charge is 0.381 e. The topological polar surface area (TPSA) is 102 Å². The summed E-state index contributed by atoms with van der Waals surface area (Å²) in [5, 5.41) is 6.74. The summed E-state index contributed by atoms with van der Waals surface area (Å²) in [6, 6.07) is 0.689. The molecule has 0 bridgehead atoms. The van der Waals surface area contributed by atoms with Gasteiger partial charge in [0, 0.05) is 25.4 Å². The van der Waals surface area contributed by atoms with Gasteiger partial charge in [0.2, 0.25) is 5.95 Å². The molecular weight excluding hydrogens is 306 g/mol. The predicted octanol–water partition coefficient (Wildman–Crippen LogP) is 2.16. The van der Waals surface area contributed by atoms with E-state index in [1.54, 1.807) is 7.11 Å². The molecule has 0 aromatic carbocycles. The number of nitrogens with zero attached hydrogens (tertiary/aromatic N) is 2. The van der Waals surface area contributed by atoms with E-state index in [1.807, 2.05) is 0 Å². The van der Waals surface area contributed by atoms with Crippen LogP contribution in [0.15, 0.2) is 6.20 Å². The van der Waals surface area contributed by atoms with Gasteiger partial charge in [0.15, 0.2) is 0 Å². The number of carbonyl (C=O) groups excluding carboxylic acids is 1. The van der Waals surface area contributed by atoms with Gasteiger partial charge in [-0.2, -0.15) is 4.98 Å². The summed E-state index contributed by atoms with van der Waals surface area (Å²) in [6.45, 7) is 2.19. The number of anilines is 2. The number of nitrogens with two attached hydrogens (primary N) is 1. The Kier molecular flexibility index (Phi) is 5.18. The summed E-state index contributed by atoms with van der Waals surface area (Å²) in [5.74, 6) is 1.18. The summed E-state index contributed by atoms with van der Waals surface area (Å²) >= 11 is 0. The Hall–Kier alpha value is -1.89. The number of methoxy groups -OCH3 is 1. The highest BCUT2D eigenvalue weighted by Gasteiger charge is 2.28. The van der Waals surface area contributed by atoms with E-state index in [-0.39, 0.29) is 0 Å². The molecule has 7 heteroatoms. The lowest BCUT2D eigenvalue weighted by molar-refractivity contribution is 0.0681. The van der Waals surface area contributed by atoms with Gasteiger partial charge in [0.25, 0.3) is 5.91 Å². The maximum Gasteiger partial charge on any atom is 0.254 e. The number of nitrogens with one attached hydrogen (secondary N) is 2. The number of aromatic nitrogens is 2. The first-order valence-electron chi connectivity index (χ1n) is 8.79. The summed E-state index contributed by atoms with van der Waals surface area (Å²) in [6.07, 6.45) is 8.30. The number of ether oxygens (including phenoxy) is 1. The van der Waals surface area contributed by atoms with E-state index in [2.05, 4.69) is 27.5 Å². The van der Waals surface area contributed by atoms with Crippen molar-refractivity contribution in [3.63, 3.8) is 0 Å². The van der Waals surface area contributed by atoms with Crippen LogP contribution in [0.1, 0.15) is 55.8 Å². The number of amides is 1. The lowest BCUT2D eigenvalue weighted by Crippen LogP contribution is -2.37. The zero-order chi connectivity index (χ0) is 17.1. The summed E-state index contributed by atoms with van der Waals surface area (Å²) in [4.78, 5) is 20.4. The van der Waals surface area contributed by atoms with Crippen molar-refractivity contribution in [2.24, 2.45) is 11.7 Å². The van der Waals surface area contributed by atoms with Crippen molar-refractivity contribution in [2.75, 3.05) is 17.7 Å². The number of rotatable bonds is 6. The molecule has 2 unspecified atom stereocenters. The molecule has 0 radical (unpaired) electrons. The molecule has 2 aliphatic carbocycles. The molecule has 4 N–H and O–H groups in total. The molecule has 3 rings (SSSR count). The molecule has 1 aromatic rings. The van der Waals surface area contributed by atoms with E-state index in [0.717, 1.165) is 32.1 Å². The molecular formula is C17H27N5O2. The Balaban J connectivity index is 1.68. The fourth-order valence-corrected chi connectivity index (χ4v) is 3.42. The van der Waals surface area contributed by atoms with E-state index in [0.29, 0.717) is 41.4 Å². The quantitative estimate of drug-likeness (QED) is 0.737. The normalized spacial score (nSPS) is 29.6. The highest BCUT2D eigenvalue weighted by molar-refractivity contribution is 5.97. The van der Waals surface area contributed by atoms with E-state index >= 15 is 0 Å². The Morgan fingerprint density at radius 2 is 1.96 bits per heavy atom. The van der Waals surface area contributed by atoms with E-state index in [4.69, 9.17) is 10.5 Å². The van der Waals surface area contributed by atoms with Crippen molar-refractivity contribution in [3.8, 4) is 0 Å². The first-order chi connectivity index (χ1) is 11.6. The van der Waals surface area contributed by atoms with Crippen LogP contribution in [0.5, 0.6) is 0 Å². The molecule has 0 spiro atoms. The van der Waals surface area contributed by atoms with Gasteiger partial charge in [-0.05, 0) is 44.4 Å². The van der Waals surface area contributed by atoms with Gasteiger partial charge >= 0.3 is 0 Å². The SMILES string of the molecule is COC1CCC(Nc2ncc(C(N)=O)c(NC3CCC3C)n2)CC1. The third-order valence-corrected chi connectivity index (χ3v) is 5.34. The van der Waals surface area contributed by atoms with E-state index in [9.17, 15) is 4.79 Å². The maximum absolute atomic E-state index is 11.6. The summed E-state index contributed by atoms with van der Waals surface area (Å²) in [7, 11) is 1.77. The van der Waals surface area contributed by atoms with Gasteiger partial charge in [-0.15, -0.1) is 0 Å². The van der Waals surface area contributed by atoms with Gasteiger partial charge in [-0.1, -0.05) is 6.92 Å². The molecule has 24 heavy (non-hydrogen) atoms. The predicted molar refractivity (Wildman–Crippen MR) is 93.0 cm³/mol. The second-order valence-corrected chi connectivity index (χ2v) is 6.98. The molecule has 2 aliphatic rings. The summed E-state index contributed by atoms with van der Waals surface area (Å²) in [5.41, 5.74) is 5.81. The van der Waals surface area contributed by atoms with Crippen molar-refractivity contribution >= 4 is 17.7 Å². The van der Waals surface area contributed by atoms with Gasteiger partial charge in [-0.3, -0.25) is 4.79 Å². The zero-order valence-corrected chi connectivity index (χ0v) is 14.4. The Bertz CT molecular complexity index is 586. The molecule has 132 valence electrons. The lowest BCUT2D eigenvalue weighted by Gasteiger charge is -2.35. The molecule has 2 fully saturated rings. The number of hydrogen-bond acceptors (Lipinski definition) is 6. The van der Waals surface area contributed by atoms with Crippen LogP contribution in [0, 0.1) is 5.92 Å². The Labute approximate surface area is 142 Å². The minimum absolute atomic E-state index is 0.339. The standard InChI is InChI=1S/C17H27N5O2/c1-10-3-8-14(10)21-16-13(15(18)23)9-19-17(22-16)20-11-4-6-12(24-2)7-5-11/h9-12,14H,3-8H2,1-2H3,(H2,18,23)(H2,19,20,21,22). The van der Waals surface area contributed by atoms with Gasteiger partial charge in [-0.25, -0.2) is 4.98 Å². The van der Waals surface area contributed by atoms with Crippen molar-refractivity contribution in [2.45, 2.75) is 63.6 Å². The fraction of sp³-hybridized carbons (Fsp3) is 0.706. The van der Waals surface area contributed by atoms with Crippen LogP contribution < -0.4 is 16.4 Å². The molecule has 2 saturated carbocycles. The highest BCUT2D eigenvalue weighted by atomic mass is 16.5. The van der Waals surface area contributed by atoms with Crippen LogP contribution in [-0.4, -0.2) is 41.2 Å². The van der Waals surface area contributed by atoms with Crippen LogP contribution in [-0.2, 0) is 4.74 Å². The molecule has 1 aromatic heterocycles. The van der Waals surface area contributed by atoms with Crippen LogP contribution in [0.2, 0.25) is 0 Å². The molecule has 2 atom stereocenters. The fourth-order valence-electron chi connectivity index (χ4n) is 3.42.